The van der Waals surface area contributed by atoms with Crippen LogP contribution in [0, 0.1) is 0 Å². The second kappa shape index (κ2) is 22.1. The number of methoxy groups -OCH3 is 2. The summed E-state index contributed by atoms with van der Waals surface area (Å²) in [7, 11) is 2.92. The van der Waals surface area contributed by atoms with Crippen molar-refractivity contribution >= 4 is 35.9 Å². The fourth-order valence-electron chi connectivity index (χ4n) is 4.83. The van der Waals surface area contributed by atoms with Gasteiger partial charge in [0.2, 0.25) is 17.7 Å². The highest BCUT2D eigenvalue weighted by Gasteiger charge is 2.11. The molecule has 0 aromatic heterocycles. The normalized spacial score (nSPS) is 11.3. The number of phenols is 3. The molecule has 0 aliphatic heterocycles. The maximum atomic E-state index is 13.1. The molecule has 12 heteroatoms. The van der Waals surface area contributed by atoms with Crippen LogP contribution in [0.4, 0.5) is 0 Å². The Kier molecular flexibility index (Phi) is 17.2. The molecular weight excluding hydrogens is 652 g/mol. The predicted molar refractivity (Wildman–Crippen MR) is 198 cm³/mol. The molecular formula is C39H48N4O8. The largest absolute Gasteiger partial charge is 0.508 e. The third kappa shape index (κ3) is 15.1. The summed E-state index contributed by atoms with van der Waals surface area (Å²) in [6.07, 6.45) is 12.3. The molecule has 6 N–H and O–H groups in total. The lowest BCUT2D eigenvalue weighted by molar-refractivity contribution is -0.126. The molecule has 3 aromatic carbocycles. The number of rotatable bonds is 21. The monoisotopic (exact) mass is 700 g/mol. The van der Waals surface area contributed by atoms with Crippen molar-refractivity contribution in [1.82, 2.24) is 20.9 Å². The lowest BCUT2D eigenvalue weighted by atomic mass is 10.2. The van der Waals surface area contributed by atoms with Gasteiger partial charge in [-0.1, -0.05) is 24.3 Å². The van der Waals surface area contributed by atoms with E-state index in [9.17, 15) is 29.7 Å². The summed E-state index contributed by atoms with van der Waals surface area (Å²) in [4.78, 5) is 39.3. The third-order valence-electron chi connectivity index (χ3n) is 7.65. The van der Waals surface area contributed by atoms with Gasteiger partial charge in [0.15, 0.2) is 23.0 Å². The molecule has 0 spiro atoms. The van der Waals surface area contributed by atoms with Crippen LogP contribution in [0.2, 0.25) is 0 Å². The summed E-state index contributed by atoms with van der Waals surface area (Å²) in [6.45, 7) is 3.39. The SMILES string of the molecule is COc1cc(C=CC(=O)NCCCNCCCCN(CCCNC(=O)C=Cc2ccc(O)c(OC)c2)C(=O)C=Cc2ccc(O)cc2)ccc1O. The number of aromatic hydroxyl groups is 3. The van der Waals surface area contributed by atoms with Gasteiger partial charge in [0.1, 0.15) is 5.75 Å². The number of nitrogens with one attached hydrogen (secondary N) is 3. The Morgan fingerprint density at radius 1 is 0.608 bits per heavy atom. The zero-order valence-corrected chi connectivity index (χ0v) is 29.1. The average Bonchev–Trinajstić information content (AvgIpc) is 3.13. The van der Waals surface area contributed by atoms with Crippen molar-refractivity contribution in [3.05, 3.63) is 95.6 Å². The van der Waals surface area contributed by atoms with Gasteiger partial charge in [-0.15, -0.1) is 0 Å². The van der Waals surface area contributed by atoms with Crippen molar-refractivity contribution in [2.45, 2.75) is 25.7 Å². The number of benzene rings is 3. The van der Waals surface area contributed by atoms with Crippen LogP contribution in [0.25, 0.3) is 18.2 Å². The summed E-state index contributed by atoms with van der Waals surface area (Å²) < 4.78 is 10.2. The molecule has 0 saturated heterocycles. The third-order valence-corrected chi connectivity index (χ3v) is 7.65. The molecule has 0 unspecified atom stereocenters. The molecule has 12 nitrogen and oxygen atoms in total. The van der Waals surface area contributed by atoms with Crippen LogP contribution in [0.15, 0.2) is 78.9 Å². The van der Waals surface area contributed by atoms with Crippen LogP contribution < -0.4 is 25.4 Å². The zero-order valence-electron chi connectivity index (χ0n) is 29.1. The van der Waals surface area contributed by atoms with Crippen LogP contribution in [0.3, 0.4) is 0 Å². The molecule has 0 aliphatic carbocycles. The second-order valence-electron chi connectivity index (χ2n) is 11.5. The molecule has 0 radical (unpaired) electrons. The fourth-order valence-corrected chi connectivity index (χ4v) is 4.83. The van der Waals surface area contributed by atoms with Crippen molar-refractivity contribution in [2.75, 3.05) is 53.5 Å². The highest BCUT2D eigenvalue weighted by atomic mass is 16.5. The summed E-state index contributed by atoms with van der Waals surface area (Å²) in [5.74, 6) is 0.238. The van der Waals surface area contributed by atoms with Gasteiger partial charge in [-0.3, -0.25) is 14.4 Å². The minimum Gasteiger partial charge on any atom is -0.508 e. The van der Waals surface area contributed by atoms with E-state index in [1.807, 2.05) is 0 Å². The molecule has 0 atom stereocenters. The number of hydrogen-bond donors (Lipinski definition) is 6. The molecule has 0 fully saturated rings. The van der Waals surface area contributed by atoms with E-state index in [1.54, 1.807) is 71.7 Å². The van der Waals surface area contributed by atoms with Crippen LogP contribution >= 0.6 is 0 Å². The first kappa shape index (κ1) is 39.7. The quantitative estimate of drug-likeness (QED) is 0.0694. The van der Waals surface area contributed by atoms with Crippen LogP contribution in [0.1, 0.15) is 42.4 Å². The van der Waals surface area contributed by atoms with Crippen LogP contribution in [-0.4, -0.2) is 91.4 Å². The van der Waals surface area contributed by atoms with E-state index in [0.717, 1.165) is 43.5 Å². The Labute approximate surface area is 299 Å². The molecule has 3 amide bonds. The van der Waals surface area contributed by atoms with E-state index in [4.69, 9.17) is 9.47 Å². The molecule has 0 heterocycles. The lowest BCUT2D eigenvalue weighted by Gasteiger charge is -2.21. The summed E-state index contributed by atoms with van der Waals surface area (Å²) in [5, 5.41) is 38.0. The van der Waals surface area contributed by atoms with Crippen molar-refractivity contribution in [3.63, 3.8) is 0 Å². The van der Waals surface area contributed by atoms with Crippen molar-refractivity contribution in [3.8, 4) is 28.7 Å². The smallest absolute Gasteiger partial charge is 0.246 e. The molecule has 272 valence electrons. The maximum absolute atomic E-state index is 13.1. The van der Waals surface area contributed by atoms with E-state index in [1.165, 1.54) is 44.6 Å². The number of amides is 3. The number of nitrogens with zero attached hydrogens (tertiary/aromatic N) is 1. The van der Waals surface area contributed by atoms with E-state index >= 15 is 0 Å². The topological polar surface area (TPSA) is 170 Å². The highest BCUT2D eigenvalue weighted by molar-refractivity contribution is 5.93. The number of carbonyl (C=O) groups is 3. The summed E-state index contributed by atoms with van der Waals surface area (Å²) >= 11 is 0. The van der Waals surface area contributed by atoms with Gasteiger partial charge in [-0.05, 0) is 110 Å². The minimum atomic E-state index is -0.274. The number of hydrogen-bond acceptors (Lipinski definition) is 9. The Morgan fingerprint density at radius 2 is 1.10 bits per heavy atom. The second-order valence-corrected chi connectivity index (χ2v) is 11.5. The van der Waals surface area contributed by atoms with E-state index in [2.05, 4.69) is 16.0 Å². The minimum absolute atomic E-state index is 0.0189. The van der Waals surface area contributed by atoms with Gasteiger partial charge in [0, 0.05) is 44.4 Å². The highest BCUT2D eigenvalue weighted by Crippen LogP contribution is 2.27. The van der Waals surface area contributed by atoms with Crippen LogP contribution in [0.5, 0.6) is 28.7 Å². The Morgan fingerprint density at radius 3 is 1.67 bits per heavy atom. The lowest BCUT2D eigenvalue weighted by Crippen LogP contribution is -2.34. The molecule has 0 saturated carbocycles. The van der Waals surface area contributed by atoms with Gasteiger partial charge in [-0.25, -0.2) is 0 Å². The molecule has 0 aliphatic rings. The first-order chi connectivity index (χ1) is 24.7. The molecule has 0 bridgehead atoms. The van der Waals surface area contributed by atoms with Gasteiger partial charge in [0.05, 0.1) is 14.2 Å². The maximum Gasteiger partial charge on any atom is 0.246 e. The average molecular weight is 701 g/mol. The predicted octanol–water partition coefficient (Wildman–Crippen LogP) is 4.47. The molecule has 3 rings (SSSR count). The molecule has 3 aromatic rings. The zero-order chi connectivity index (χ0) is 36.8. The first-order valence-electron chi connectivity index (χ1n) is 16.8. The Hall–Kier alpha value is -5.75. The summed E-state index contributed by atoms with van der Waals surface area (Å²) in [6, 6.07) is 16.2. The van der Waals surface area contributed by atoms with Gasteiger partial charge in [0.25, 0.3) is 0 Å². The first-order valence-corrected chi connectivity index (χ1v) is 16.8. The van der Waals surface area contributed by atoms with Crippen molar-refractivity contribution in [2.24, 2.45) is 0 Å². The number of carbonyl (C=O) groups excluding carboxylic acids is 3. The van der Waals surface area contributed by atoms with Gasteiger partial charge < -0.3 is 45.6 Å². The van der Waals surface area contributed by atoms with E-state index in [-0.39, 0.29) is 35.0 Å². The number of unbranched alkanes of at least 4 members (excludes halogenated alkanes) is 1. The molecule has 51 heavy (non-hydrogen) atoms. The number of phenolic OH excluding ortho intramolecular Hbond substituents is 3. The van der Waals surface area contributed by atoms with E-state index < -0.39 is 0 Å². The van der Waals surface area contributed by atoms with Crippen LogP contribution in [-0.2, 0) is 14.4 Å². The van der Waals surface area contributed by atoms with Crippen molar-refractivity contribution < 1.29 is 39.2 Å². The van der Waals surface area contributed by atoms with Gasteiger partial charge in [-0.2, -0.15) is 0 Å². The Balaban J connectivity index is 1.37. The standard InChI is InChI=1S/C39H48N4O8/c1-50-35-27-30(9-16-33(35)45)11-18-37(47)41-23-5-22-40-21-3-4-25-43(39(49)20-13-29-7-14-32(44)15-8-29)26-6-24-42-38(48)19-12-31-10-17-34(46)36(28-31)51-2/h7-20,27-28,40,44-46H,3-6,21-26H2,1-2H3,(H,41,47)(H,42,48). The van der Waals surface area contributed by atoms with E-state index in [0.29, 0.717) is 49.7 Å². The number of ether oxygens (including phenoxy) is 2. The van der Waals surface area contributed by atoms with Crippen molar-refractivity contribution in [1.29, 1.82) is 0 Å². The summed E-state index contributed by atoms with van der Waals surface area (Å²) in [5.41, 5.74) is 2.23. The van der Waals surface area contributed by atoms with Gasteiger partial charge >= 0.3 is 0 Å². The Bertz CT molecular complexity index is 1650. The fraction of sp³-hybridized carbons (Fsp3) is 0.308.